The smallest absolute Gasteiger partial charge is 0.313 e. The highest BCUT2D eigenvalue weighted by Gasteiger charge is 2.24. The van der Waals surface area contributed by atoms with Crippen molar-refractivity contribution < 1.29 is 24.1 Å². The van der Waals surface area contributed by atoms with Gasteiger partial charge in [0.1, 0.15) is 11.5 Å². The number of ether oxygens (including phenoxy) is 2. The molecule has 0 fully saturated rings. The highest BCUT2D eigenvalue weighted by atomic mass is 16.6. The molecule has 2 rings (SSSR count). The topological polar surface area (TPSA) is 187 Å². The number of rotatable bonds is 14. The number of pyridine rings is 2. The van der Waals surface area contributed by atoms with Crippen molar-refractivity contribution in [2.45, 2.75) is 13.3 Å². The maximum atomic E-state index is 11.3. The molecule has 0 radical (unpaired) electrons. The fraction of sp³-hybridized carbons (Fsp3) is 0.560. The van der Waals surface area contributed by atoms with Crippen LogP contribution in [0.5, 0.6) is 11.8 Å². The van der Waals surface area contributed by atoms with Crippen molar-refractivity contribution in [1.29, 1.82) is 0 Å². The van der Waals surface area contributed by atoms with Gasteiger partial charge in [-0.05, 0) is 35.1 Å². The van der Waals surface area contributed by atoms with Gasteiger partial charge in [0.05, 0.1) is 24.1 Å². The van der Waals surface area contributed by atoms with Crippen LogP contribution in [-0.4, -0.2) is 118 Å². The maximum Gasteiger partial charge on any atom is 0.313 e. The first-order chi connectivity index (χ1) is 19.1. The van der Waals surface area contributed by atoms with Crippen LogP contribution in [0.3, 0.4) is 0 Å². The number of nitrogens with zero attached hydrogens (tertiary/aromatic N) is 8. The van der Waals surface area contributed by atoms with Crippen molar-refractivity contribution in [3.8, 4) is 11.8 Å². The van der Waals surface area contributed by atoms with Crippen LogP contribution in [0.4, 0.5) is 28.7 Å². The van der Waals surface area contributed by atoms with Crippen LogP contribution in [0.25, 0.3) is 0 Å². The molecule has 228 valence electrons. The van der Waals surface area contributed by atoms with Gasteiger partial charge in [0.2, 0.25) is 23.4 Å². The standard InChI is InChI=1S/C14H22N4O4.C11H19N5O3/c1-10(19)8-11-9-12(18(20)21)13(15-14(11)22-5)17(4)7-6-16(2)3;1-14(2)5-6-15(3)10-9(16(17)18)7-8(12)11(13-10)19-4/h9H,6-8H2,1-5H3;7H,5-6,12H2,1-4H3. The molecular weight excluding hydrogens is 538 g/mol. The Morgan fingerprint density at radius 3 is 1.59 bits per heavy atom. The van der Waals surface area contributed by atoms with E-state index in [9.17, 15) is 25.0 Å². The van der Waals surface area contributed by atoms with E-state index in [4.69, 9.17) is 15.2 Å². The van der Waals surface area contributed by atoms with Crippen LogP contribution >= 0.6 is 0 Å². The molecule has 0 bridgehead atoms. The molecule has 2 N–H and O–H groups in total. The predicted molar refractivity (Wildman–Crippen MR) is 157 cm³/mol. The molecular formula is C25H41N9O7. The van der Waals surface area contributed by atoms with Crippen LogP contribution < -0.4 is 25.0 Å². The number of likely N-dealkylation sites (N-methyl/N-ethyl adjacent to an activating group) is 4. The average Bonchev–Trinajstić information content (AvgIpc) is 2.89. The summed E-state index contributed by atoms with van der Waals surface area (Å²) >= 11 is 0. The largest absolute Gasteiger partial charge is 0.481 e. The van der Waals surface area contributed by atoms with E-state index in [2.05, 4.69) is 9.97 Å². The van der Waals surface area contributed by atoms with Gasteiger partial charge in [0, 0.05) is 64.4 Å². The number of Topliss-reactive ketones (excluding diaryl/α,β-unsaturated/α-hetero) is 1. The van der Waals surface area contributed by atoms with E-state index in [1.807, 2.05) is 38.0 Å². The number of carbonyl (C=O) groups is 1. The average molecular weight is 580 g/mol. The first-order valence-electron chi connectivity index (χ1n) is 12.5. The first-order valence-corrected chi connectivity index (χ1v) is 12.5. The van der Waals surface area contributed by atoms with Crippen molar-refractivity contribution in [3.05, 3.63) is 37.9 Å². The molecule has 2 aromatic rings. The second-order valence-electron chi connectivity index (χ2n) is 9.77. The SMILES string of the molecule is COc1nc(N(C)CCN(C)C)c([N+](=O)[O-])cc1CC(C)=O.COc1nc(N(C)CCN(C)C)c([N+](=O)[O-])cc1N. The van der Waals surface area contributed by atoms with Gasteiger partial charge in [0.25, 0.3) is 0 Å². The van der Waals surface area contributed by atoms with E-state index in [0.29, 0.717) is 18.7 Å². The molecule has 0 aliphatic carbocycles. The van der Waals surface area contributed by atoms with Crippen molar-refractivity contribution in [2.24, 2.45) is 0 Å². The maximum absolute atomic E-state index is 11.3. The van der Waals surface area contributed by atoms with Gasteiger partial charge in [-0.2, -0.15) is 9.97 Å². The lowest BCUT2D eigenvalue weighted by molar-refractivity contribution is -0.384. The Kier molecular flexibility index (Phi) is 13.6. The minimum Gasteiger partial charge on any atom is -0.481 e. The number of methoxy groups -OCH3 is 2. The number of ketones is 1. The molecule has 2 heterocycles. The molecule has 0 aromatic carbocycles. The number of nitrogens with two attached hydrogens (primary N) is 1. The van der Waals surface area contributed by atoms with Crippen LogP contribution in [0, 0.1) is 20.2 Å². The minimum atomic E-state index is -0.496. The molecule has 0 aliphatic rings. The molecule has 41 heavy (non-hydrogen) atoms. The zero-order valence-corrected chi connectivity index (χ0v) is 25.2. The van der Waals surface area contributed by atoms with Crippen LogP contribution in [0.15, 0.2) is 12.1 Å². The Morgan fingerprint density at radius 2 is 1.22 bits per heavy atom. The Labute approximate surface area is 239 Å². The fourth-order valence-corrected chi connectivity index (χ4v) is 3.49. The fourth-order valence-electron chi connectivity index (χ4n) is 3.49. The monoisotopic (exact) mass is 579 g/mol. The number of hydrogen-bond acceptors (Lipinski definition) is 14. The van der Waals surface area contributed by atoms with Crippen molar-refractivity contribution in [2.75, 3.05) is 98.2 Å². The molecule has 2 aromatic heterocycles. The summed E-state index contributed by atoms with van der Waals surface area (Å²) in [7, 11) is 14.0. The van der Waals surface area contributed by atoms with Gasteiger partial charge in [-0.15, -0.1) is 0 Å². The number of carbonyl (C=O) groups excluding carboxylic acids is 1. The molecule has 0 spiro atoms. The van der Waals surface area contributed by atoms with E-state index >= 15 is 0 Å². The van der Waals surface area contributed by atoms with Crippen LogP contribution in [0.2, 0.25) is 0 Å². The van der Waals surface area contributed by atoms with Crippen molar-refractivity contribution in [1.82, 2.24) is 19.8 Å². The summed E-state index contributed by atoms with van der Waals surface area (Å²) in [6.45, 7) is 4.08. The molecule has 16 nitrogen and oxygen atoms in total. The van der Waals surface area contributed by atoms with Gasteiger partial charge in [0.15, 0.2) is 0 Å². The Hall–Kier alpha value is -4.31. The highest BCUT2D eigenvalue weighted by Crippen LogP contribution is 2.33. The van der Waals surface area contributed by atoms with E-state index in [1.165, 1.54) is 33.3 Å². The Balaban J connectivity index is 0.000000414. The molecule has 0 saturated heterocycles. The van der Waals surface area contributed by atoms with Gasteiger partial charge in [-0.25, -0.2) is 0 Å². The molecule has 0 unspecified atom stereocenters. The summed E-state index contributed by atoms with van der Waals surface area (Å²) in [5, 5.41) is 22.4. The predicted octanol–water partition coefficient (Wildman–Crippen LogP) is 1.71. The molecule has 0 aliphatic heterocycles. The van der Waals surface area contributed by atoms with Crippen LogP contribution in [-0.2, 0) is 11.2 Å². The zero-order valence-electron chi connectivity index (χ0n) is 25.2. The zero-order chi connectivity index (χ0) is 31.4. The lowest BCUT2D eigenvalue weighted by Gasteiger charge is -2.21. The molecule has 0 saturated carbocycles. The lowest BCUT2D eigenvalue weighted by atomic mass is 10.1. The second kappa shape index (κ2) is 16.1. The third-order valence-electron chi connectivity index (χ3n) is 5.71. The number of nitrogen functional groups attached to an aromatic ring is 1. The van der Waals surface area contributed by atoms with E-state index in [0.717, 1.165) is 13.1 Å². The van der Waals surface area contributed by atoms with Crippen molar-refractivity contribution >= 4 is 34.5 Å². The normalized spacial score (nSPS) is 10.6. The second-order valence-corrected chi connectivity index (χ2v) is 9.77. The Bertz CT molecular complexity index is 1210. The van der Waals surface area contributed by atoms with Crippen LogP contribution in [0.1, 0.15) is 12.5 Å². The number of hydrogen-bond donors (Lipinski definition) is 1. The van der Waals surface area contributed by atoms with Gasteiger partial charge in [-0.3, -0.25) is 25.0 Å². The van der Waals surface area contributed by atoms with Gasteiger partial charge in [-0.1, -0.05) is 0 Å². The minimum absolute atomic E-state index is 0.0543. The van der Waals surface area contributed by atoms with Crippen molar-refractivity contribution in [3.63, 3.8) is 0 Å². The highest BCUT2D eigenvalue weighted by molar-refractivity contribution is 5.79. The number of nitro groups is 2. The first kappa shape index (κ1) is 34.7. The molecule has 16 heteroatoms. The molecule has 0 amide bonds. The number of aromatic nitrogens is 2. The molecule has 0 atom stereocenters. The third kappa shape index (κ3) is 10.6. The van der Waals surface area contributed by atoms with E-state index in [1.54, 1.807) is 23.9 Å². The van der Waals surface area contributed by atoms with E-state index in [-0.39, 0.29) is 52.7 Å². The quantitative estimate of drug-likeness (QED) is 0.252. The summed E-state index contributed by atoms with van der Waals surface area (Å²) in [6.07, 6.45) is 0.0543. The summed E-state index contributed by atoms with van der Waals surface area (Å²) < 4.78 is 10.2. The van der Waals surface area contributed by atoms with E-state index < -0.39 is 9.85 Å². The van der Waals surface area contributed by atoms with Gasteiger partial charge < -0.3 is 34.8 Å². The lowest BCUT2D eigenvalue weighted by Crippen LogP contribution is -2.29. The summed E-state index contributed by atoms with van der Waals surface area (Å²) in [6, 6.07) is 2.64. The van der Waals surface area contributed by atoms with Gasteiger partial charge >= 0.3 is 11.4 Å². The number of anilines is 3. The summed E-state index contributed by atoms with van der Waals surface area (Å²) in [5.41, 5.74) is 5.96. The Morgan fingerprint density at radius 1 is 0.805 bits per heavy atom. The summed E-state index contributed by atoms with van der Waals surface area (Å²) in [5.74, 6) is 0.807. The third-order valence-corrected chi connectivity index (χ3v) is 5.71. The summed E-state index contributed by atoms with van der Waals surface area (Å²) in [4.78, 5) is 48.4.